The molecule has 0 aliphatic carbocycles. The first kappa shape index (κ1) is 16.6. The Hall–Kier alpha value is -3.22. The fourth-order valence-corrected chi connectivity index (χ4v) is 2.74. The van der Waals surface area contributed by atoms with Gasteiger partial charge in [-0.15, -0.1) is 0 Å². The number of carbonyl (C=O) groups excluding carboxylic acids is 1. The lowest BCUT2D eigenvalue weighted by Crippen LogP contribution is -2.37. The van der Waals surface area contributed by atoms with E-state index in [1.807, 2.05) is 32.0 Å². The van der Waals surface area contributed by atoms with E-state index in [-0.39, 0.29) is 22.5 Å². The Bertz CT molecular complexity index is 1130. The highest BCUT2D eigenvalue weighted by atomic mass is 16.2. The topological polar surface area (TPSA) is 86.0 Å². The zero-order chi connectivity index (χ0) is 18.3. The number of aromatic nitrogens is 3. The molecule has 1 aromatic carbocycles. The molecule has 2 heterocycles. The summed E-state index contributed by atoms with van der Waals surface area (Å²) in [6, 6.07) is 7.18. The third kappa shape index (κ3) is 2.84. The second-order valence-corrected chi connectivity index (χ2v) is 6.07. The summed E-state index contributed by atoms with van der Waals surface area (Å²) in [5.41, 5.74) is 2.31. The monoisotopic (exact) mass is 338 g/mol. The predicted octanol–water partition coefficient (Wildman–Crippen LogP) is 1.50. The van der Waals surface area contributed by atoms with E-state index in [0.29, 0.717) is 5.69 Å². The van der Waals surface area contributed by atoms with Gasteiger partial charge in [-0.25, -0.2) is 9.78 Å². The lowest BCUT2D eigenvalue weighted by molar-refractivity contribution is 0.102. The molecule has 0 aliphatic rings. The highest BCUT2D eigenvalue weighted by Crippen LogP contribution is 2.17. The van der Waals surface area contributed by atoms with Crippen molar-refractivity contribution in [2.75, 3.05) is 5.32 Å². The predicted molar refractivity (Wildman–Crippen MR) is 96.1 cm³/mol. The van der Waals surface area contributed by atoms with Gasteiger partial charge < -0.3 is 5.32 Å². The fourth-order valence-electron chi connectivity index (χ4n) is 2.74. The summed E-state index contributed by atoms with van der Waals surface area (Å²) in [5, 5.41) is 3.04. The van der Waals surface area contributed by atoms with Gasteiger partial charge in [0.05, 0.1) is 10.9 Å². The minimum atomic E-state index is -0.480. The maximum absolute atomic E-state index is 12.5. The summed E-state index contributed by atoms with van der Waals surface area (Å²) in [6.45, 7) is 3.89. The largest absolute Gasteiger partial charge is 0.332 e. The number of aryl methyl sites for hydroxylation is 3. The van der Waals surface area contributed by atoms with Crippen molar-refractivity contribution in [2.45, 2.75) is 13.8 Å². The SMILES string of the molecule is Cc1ccc(NC(=O)c2cnc3c(c2)c(=O)n(C)c(=O)n3C)c(C)c1. The average Bonchev–Trinajstić information content (AvgIpc) is 2.60. The van der Waals surface area contributed by atoms with Crippen molar-refractivity contribution in [3.8, 4) is 0 Å². The van der Waals surface area contributed by atoms with Gasteiger partial charge >= 0.3 is 5.69 Å². The van der Waals surface area contributed by atoms with Crippen molar-refractivity contribution in [1.82, 2.24) is 14.1 Å². The van der Waals surface area contributed by atoms with Gasteiger partial charge in [0.2, 0.25) is 0 Å². The minimum absolute atomic E-state index is 0.220. The molecule has 1 amide bonds. The number of hydrogen-bond donors (Lipinski definition) is 1. The van der Waals surface area contributed by atoms with Crippen LogP contribution in [0.2, 0.25) is 0 Å². The smallest absolute Gasteiger partial charge is 0.322 e. The number of nitrogens with one attached hydrogen (secondary N) is 1. The highest BCUT2D eigenvalue weighted by Gasteiger charge is 2.14. The van der Waals surface area contributed by atoms with Gasteiger partial charge in [0.25, 0.3) is 11.5 Å². The molecular weight excluding hydrogens is 320 g/mol. The Morgan fingerprint density at radius 2 is 1.80 bits per heavy atom. The van der Waals surface area contributed by atoms with Crippen molar-refractivity contribution in [1.29, 1.82) is 0 Å². The standard InChI is InChI=1S/C18H18N4O3/c1-10-5-6-14(11(2)7-10)20-16(23)12-8-13-15(19-9-12)21(3)18(25)22(4)17(13)24/h5-9H,1-4H3,(H,20,23). The molecule has 0 saturated carbocycles. The van der Waals surface area contributed by atoms with Gasteiger partial charge in [-0.2, -0.15) is 0 Å². The first-order chi connectivity index (χ1) is 11.8. The first-order valence-corrected chi connectivity index (χ1v) is 7.74. The number of rotatable bonds is 2. The van der Waals surface area contributed by atoms with Gasteiger partial charge in [0, 0.05) is 26.0 Å². The van der Waals surface area contributed by atoms with Crippen molar-refractivity contribution >= 4 is 22.6 Å². The van der Waals surface area contributed by atoms with Crippen LogP contribution in [-0.4, -0.2) is 20.0 Å². The number of anilines is 1. The van der Waals surface area contributed by atoms with Crippen LogP contribution in [0.4, 0.5) is 5.69 Å². The van der Waals surface area contributed by atoms with Crippen molar-refractivity contribution < 1.29 is 4.79 Å². The lowest BCUT2D eigenvalue weighted by Gasteiger charge is -2.10. The van der Waals surface area contributed by atoms with E-state index in [1.54, 1.807) is 0 Å². The average molecular weight is 338 g/mol. The molecule has 0 atom stereocenters. The van der Waals surface area contributed by atoms with Gasteiger partial charge in [-0.3, -0.25) is 18.7 Å². The summed E-state index contributed by atoms with van der Waals surface area (Å²) >= 11 is 0. The Labute approximate surface area is 143 Å². The van der Waals surface area contributed by atoms with E-state index in [0.717, 1.165) is 15.7 Å². The number of benzene rings is 1. The van der Waals surface area contributed by atoms with Crippen LogP contribution in [0.3, 0.4) is 0 Å². The number of amides is 1. The van der Waals surface area contributed by atoms with E-state index in [9.17, 15) is 14.4 Å². The van der Waals surface area contributed by atoms with Gasteiger partial charge in [0.15, 0.2) is 0 Å². The highest BCUT2D eigenvalue weighted by molar-refractivity contribution is 6.05. The van der Waals surface area contributed by atoms with E-state index in [1.165, 1.54) is 30.9 Å². The Balaban J connectivity index is 2.06. The minimum Gasteiger partial charge on any atom is -0.322 e. The van der Waals surface area contributed by atoms with E-state index >= 15 is 0 Å². The van der Waals surface area contributed by atoms with E-state index in [4.69, 9.17) is 0 Å². The quantitative estimate of drug-likeness (QED) is 0.767. The number of nitrogens with zero attached hydrogens (tertiary/aromatic N) is 3. The molecule has 0 fully saturated rings. The molecule has 0 radical (unpaired) electrons. The molecule has 1 N–H and O–H groups in total. The number of carbonyl (C=O) groups is 1. The van der Waals surface area contributed by atoms with Crippen LogP contribution in [0.1, 0.15) is 21.5 Å². The molecule has 7 nitrogen and oxygen atoms in total. The van der Waals surface area contributed by atoms with E-state index in [2.05, 4.69) is 10.3 Å². The zero-order valence-electron chi connectivity index (χ0n) is 14.5. The second-order valence-electron chi connectivity index (χ2n) is 6.07. The second kappa shape index (κ2) is 6.01. The van der Waals surface area contributed by atoms with Crippen LogP contribution in [-0.2, 0) is 14.1 Å². The van der Waals surface area contributed by atoms with Crippen molar-refractivity contribution in [3.63, 3.8) is 0 Å². The fraction of sp³-hybridized carbons (Fsp3) is 0.222. The normalized spacial score (nSPS) is 10.9. The molecule has 0 bridgehead atoms. The summed E-state index contributed by atoms with van der Waals surface area (Å²) in [4.78, 5) is 40.9. The van der Waals surface area contributed by atoms with Crippen molar-refractivity contribution in [3.05, 3.63) is 68.0 Å². The summed E-state index contributed by atoms with van der Waals surface area (Å²) in [7, 11) is 2.93. The third-order valence-electron chi connectivity index (χ3n) is 4.19. The number of hydrogen-bond acceptors (Lipinski definition) is 4. The molecule has 3 rings (SSSR count). The molecule has 2 aromatic heterocycles. The maximum Gasteiger partial charge on any atom is 0.332 e. The molecule has 7 heteroatoms. The van der Waals surface area contributed by atoms with Crippen LogP contribution in [0.15, 0.2) is 40.1 Å². The first-order valence-electron chi connectivity index (χ1n) is 7.74. The van der Waals surface area contributed by atoms with Gasteiger partial charge in [-0.1, -0.05) is 17.7 Å². The molecule has 0 saturated heterocycles. The molecule has 0 spiro atoms. The number of pyridine rings is 1. The van der Waals surface area contributed by atoms with Crippen LogP contribution >= 0.6 is 0 Å². The Kier molecular flexibility index (Phi) is 4.00. The Morgan fingerprint density at radius 1 is 1.08 bits per heavy atom. The summed E-state index contributed by atoms with van der Waals surface area (Å²) < 4.78 is 2.28. The Morgan fingerprint density at radius 3 is 2.48 bits per heavy atom. The van der Waals surface area contributed by atoms with Crippen molar-refractivity contribution in [2.24, 2.45) is 14.1 Å². The molecule has 0 unspecified atom stereocenters. The van der Waals surface area contributed by atoms with E-state index < -0.39 is 11.2 Å². The third-order valence-corrected chi connectivity index (χ3v) is 4.19. The summed E-state index contributed by atoms with van der Waals surface area (Å²) in [6.07, 6.45) is 1.36. The van der Waals surface area contributed by atoms with Gasteiger partial charge in [0.1, 0.15) is 5.65 Å². The van der Waals surface area contributed by atoms with Crippen LogP contribution < -0.4 is 16.6 Å². The van der Waals surface area contributed by atoms with Crippen LogP contribution in [0, 0.1) is 13.8 Å². The maximum atomic E-state index is 12.5. The molecule has 128 valence electrons. The van der Waals surface area contributed by atoms with Crippen LogP contribution in [0.5, 0.6) is 0 Å². The number of fused-ring (bicyclic) bond motifs is 1. The zero-order valence-corrected chi connectivity index (χ0v) is 14.5. The van der Waals surface area contributed by atoms with Crippen LogP contribution in [0.25, 0.3) is 11.0 Å². The molecule has 3 aromatic rings. The summed E-state index contributed by atoms with van der Waals surface area (Å²) in [5.74, 6) is -0.364. The molecule has 25 heavy (non-hydrogen) atoms. The molecule has 0 aliphatic heterocycles. The lowest BCUT2D eigenvalue weighted by atomic mass is 10.1. The van der Waals surface area contributed by atoms with Gasteiger partial charge in [-0.05, 0) is 31.5 Å². The molecular formula is C18H18N4O3.